The fraction of sp³-hybridized carbons (Fsp3) is 0.647. The van der Waals surface area contributed by atoms with E-state index in [-0.39, 0.29) is 6.04 Å². The fourth-order valence-corrected chi connectivity index (χ4v) is 3.51. The van der Waals surface area contributed by atoms with Crippen molar-refractivity contribution in [3.63, 3.8) is 0 Å². The molecule has 1 saturated heterocycles. The number of halogens is 1. The van der Waals surface area contributed by atoms with Crippen LogP contribution >= 0.6 is 11.6 Å². The average Bonchev–Trinajstić information content (AvgIpc) is 2.70. The molecule has 1 aromatic rings. The van der Waals surface area contributed by atoms with E-state index in [1.165, 1.54) is 38.6 Å². The second-order valence-corrected chi connectivity index (χ2v) is 6.27. The van der Waals surface area contributed by atoms with Gasteiger partial charge in [0.05, 0.1) is 0 Å². The lowest BCUT2D eigenvalue weighted by molar-refractivity contribution is 0.188. The Kier molecular flexibility index (Phi) is 6.34. The largest absolute Gasteiger partial charge is 0.324 e. The minimum absolute atomic E-state index is 0.0458. The summed E-state index contributed by atoms with van der Waals surface area (Å²) >= 11 is 6.23. The molecule has 112 valence electrons. The highest BCUT2D eigenvalue weighted by atomic mass is 35.5. The van der Waals surface area contributed by atoms with Gasteiger partial charge in [-0.2, -0.15) is 0 Å². The van der Waals surface area contributed by atoms with Crippen molar-refractivity contribution >= 4 is 11.6 Å². The second-order valence-electron chi connectivity index (χ2n) is 5.86. The molecule has 0 aliphatic carbocycles. The van der Waals surface area contributed by atoms with Crippen LogP contribution in [0.25, 0.3) is 0 Å². The lowest BCUT2D eigenvalue weighted by Crippen LogP contribution is -2.36. The van der Waals surface area contributed by atoms with Crippen LogP contribution in [0.5, 0.6) is 0 Å². The SMILES string of the molecule is CCC1CCCCCN1CCC(N)c1ccccc1Cl. The summed E-state index contributed by atoms with van der Waals surface area (Å²) in [5.41, 5.74) is 7.41. The lowest BCUT2D eigenvalue weighted by Gasteiger charge is -2.30. The maximum atomic E-state index is 6.33. The van der Waals surface area contributed by atoms with E-state index in [4.69, 9.17) is 17.3 Å². The van der Waals surface area contributed by atoms with Gasteiger partial charge in [-0.1, -0.05) is 49.6 Å². The van der Waals surface area contributed by atoms with Gasteiger partial charge in [0.15, 0.2) is 0 Å². The molecule has 0 bridgehead atoms. The van der Waals surface area contributed by atoms with E-state index in [1.54, 1.807) is 0 Å². The van der Waals surface area contributed by atoms with Gasteiger partial charge in [-0.15, -0.1) is 0 Å². The monoisotopic (exact) mass is 294 g/mol. The number of likely N-dealkylation sites (tertiary alicyclic amines) is 1. The van der Waals surface area contributed by atoms with E-state index in [0.717, 1.165) is 29.6 Å². The quantitative estimate of drug-likeness (QED) is 0.873. The molecule has 2 unspecified atom stereocenters. The van der Waals surface area contributed by atoms with E-state index in [0.29, 0.717) is 0 Å². The summed E-state index contributed by atoms with van der Waals surface area (Å²) in [6.07, 6.45) is 7.67. The Balaban J connectivity index is 1.91. The Morgan fingerprint density at radius 2 is 2.10 bits per heavy atom. The highest BCUT2D eigenvalue weighted by Crippen LogP contribution is 2.25. The first-order valence-corrected chi connectivity index (χ1v) is 8.34. The summed E-state index contributed by atoms with van der Waals surface area (Å²) in [7, 11) is 0. The fourth-order valence-electron chi connectivity index (χ4n) is 3.23. The minimum Gasteiger partial charge on any atom is -0.324 e. The van der Waals surface area contributed by atoms with Crippen LogP contribution in [0.2, 0.25) is 5.02 Å². The minimum atomic E-state index is 0.0458. The van der Waals surface area contributed by atoms with Crippen LogP contribution in [0, 0.1) is 0 Å². The van der Waals surface area contributed by atoms with E-state index in [2.05, 4.69) is 11.8 Å². The normalized spacial score (nSPS) is 22.4. The van der Waals surface area contributed by atoms with Gasteiger partial charge in [0, 0.05) is 23.7 Å². The molecule has 20 heavy (non-hydrogen) atoms. The zero-order valence-electron chi connectivity index (χ0n) is 12.5. The predicted molar refractivity (Wildman–Crippen MR) is 87.1 cm³/mol. The van der Waals surface area contributed by atoms with Crippen LogP contribution in [0.4, 0.5) is 0 Å². The number of nitrogens with two attached hydrogens (primary N) is 1. The first-order valence-electron chi connectivity index (χ1n) is 7.96. The summed E-state index contributed by atoms with van der Waals surface area (Å²) in [6, 6.07) is 8.74. The molecule has 2 nitrogen and oxygen atoms in total. The standard InChI is InChI=1S/C17H27ClN2/c1-2-14-8-4-3-7-12-20(14)13-11-17(19)15-9-5-6-10-16(15)18/h5-6,9-10,14,17H,2-4,7-8,11-13,19H2,1H3. The topological polar surface area (TPSA) is 29.3 Å². The zero-order valence-corrected chi connectivity index (χ0v) is 13.3. The number of benzene rings is 1. The highest BCUT2D eigenvalue weighted by molar-refractivity contribution is 6.31. The van der Waals surface area contributed by atoms with Crippen LogP contribution < -0.4 is 5.73 Å². The third kappa shape index (κ3) is 4.21. The molecule has 0 spiro atoms. The summed E-state index contributed by atoms with van der Waals surface area (Å²) < 4.78 is 0. The summed E-state index contributed by atoms with van der Waals surface area (Å²) in [5, 5.41) is 0.794. The zero-order chi connectivity index (χ0) is 14.4. The molecule has 3 heteroatoms. The molecule has 1 aliphatic rings. The van der Waals surface area contributed by atoms with Gasteiger partial charge in [0.25, 0.3) is 0 Å². The Bertz CT molecular complexity index is 408. The Morgan fingerprint density at radius 1 is 1.30 bits per heavy atom. The highest BCUT2D eigenvalue weighted by Gasteiger charge is 2.20. The molecule has 0 radical (unpaired) electrons. The van der Waals surface area contributed by atoms with Crippen molar-refractivity contribution in [1.82, 2.24) is 4.90 Å². The van der Waals surface area contributed by atoms with E-state index >= 15 is 0 Å². The Hall–Kier alpha value is -0.570. The third-order valence-corrected chi connectivity index (χ3v) is 4.85. The van der Waals surface area contributed by atoms with E-state index < -0.39 is 0 Å². The van der Waals surface area contributed by atoms with Gasteiger partial charge in [-0.3, -0.25) is 0 Å². The number of hydrogen-bond acceptors (Lipinski definition) is 2. The second kappa shape index (κ2) is 8.02. The van der Waals surface area contributed by atoms with Crippen molar-refractivity contribution in [3.05, 3.63) is 34.9 Å². The Morgan fingerprint density at radius 3 is 2.85 bits per heavy atom. The summed E-state index contributed by atoms with van der Waals surface area (Å²) in [6.45, 7) is 4.62. The maximum absolute atomic E-state index is 6.33. The molecule has 0 amide bonds. The van der Waals surface area contributed by atoms with Crippen molar-refractivity contribution in [2.24, 2.45) is 5.73 Å². The molecule has 2 atom stereocenters. The average molecular weight is 295 g/mol. The first-order chi connectivity index (χ1) is 9.72. The molecule has 2 N–H and O–H groups in total. The number of rotatable bonds is 5. The van der Waals surface area contributed by atoms with E-state index in [9.17, 15) is 0 Å². The van der Waals surface area contributed by atoms with Crippen molar-refractivity contribution in [2.75, 3.05) is 13.1 Å². The van der Waals surface area contributed by atoms with Crippen molar-refractivity contribution in [1.29, 1.82) is 0 Å². The smallest absolute Gasteiger partial charge is 0.0453 e. The van der Waals surface area contributed by atoms with Gasteiger partial charge in [-0.25, -0.2) is 0 Å². The summed E-state index contributed by atoms with van der Waals surface area (Å²) in [5.74, 6) is 0. The third-order valence-electron chi connectivity index (χ3n) is 4.50. The van der Waals surface area contributed by atoms with Crippen LogP contribution in [-0.4, -0.2) is 24.0 Å². The predicted octanol–water partition coefficient (Wildman–Crippen LogP) is 4.38. The maximum Gasteiger partial charge on any atom is 0.0453 e. The van der Waals surface area contributed by atoms with Crippen molar-refractivity contribution in [2.45, 2.75) is 57.5 Å². The van der Waals surface area contributed by atoms with Gasteiger partial charge in [0.2, 0.25) is 0 Å². The Labute approximate surface area is 128 Å². The molecular weight excluding hydrogens is 268 g/mol. The van der Waals surface area contributed by atoms with Crippen LogP contribution in [-0.2, 0) is 0 Å². The first kappa shape index (κ1) is 15.8. The van der Waals surface area contributed by atoms with Crippen molar-refractivity contribution < 1.29 is 0 Å². The number of hydrogen-bond donors (Lipinski definition) is 1. The summed E-state index contributed by atoms with van der Waals surface area (Å²) in [4.78, 5) is 2.64. The molecule has 1 heterocycles. The van der Waals surface area contributed by atoms with Crippen molar-refractivity contribution in [3.8, 4) is 0 Å². The molecule has 2 rings (SSSR count). The van der Waals surface area contributed by atoms with Crippen LogP contribution in [0.1, 0.15) is 57.1 Å². The van der Waals surface area contributed by atoms with Crippen LogP contribution in [0.3, 0.4) is 0 Å². The van der Waals surface area contributed by atoms with E-state index in [1.807, 2.05) is 24.3 Å². The molecule has 1 aliphatic heterocycles. The number of nitrogens with zero attached hydrogens (tertiary/aromatic N) is 1. The molecule has 0 aromatic heterocycles. The van der Waals surface area contributed by atoms with Gasteiger partial charge < -0.3 is 10.6 Å². The van der Waals surface area contributed by atoms with Gasteiger partial charge in [-0.05, 0) is 43.9 Å². The van der Waals surface area contributed by atoms with Gasteiger partial charge in [0.1, 0.15) is 0 Å². The lowest BCUT2D eigenvalue weighted by atomic mass is 10.0. The molecule has 0 saturated carbocycles. The molecule has 1 fully saturated rings. The van der Waals surface area contributed by atoms with Gasteiger partial charge >= 0.3 is 0 Å². The molecular formula is C17H27ClN2. The van der Waals surface area contributed by atoms with Crippen LogP contribution in [0.15, 0.2) is 24.3 Å². The molecule has 1 aromatic carbocycles.